The smallest absolute Gasteiger partial charge is 0.274 e. The quantitative estimate of drug-likeness (QED) is 0.712. The Hall–Kier alpha value is -3.13. The van der Waals surface area contributed by atoms with Crippen LogP contribution in [0.4, 0.5) is 5.69 Å². The number of rotatable bonds is 4. The number of benzene rings is 1. The van der Waals surface area contributed by atoms with Crippen molar-refractivity contribution in [3.05, 3.63) is 57.5 Å². The molecular weight excluding hydrogens is 358 g/mol. The maximum atomic E-state index is 12.9. The van der Waals surface area contributed by atoms with E-state index < -0.39 is 0 Å². The standard InChI is InChI=1S/C20H23N5O3/c1-13-11-15(17-18(22-13)24(2)23-20(17)27)19(26)21-12-14-5-3-4-6-16(14)25-7-9-28-10-8-25/h3-6,11H,7-10,12H2,1-2H3,(H,21,26)(H,23,27). The number of carbonyl (C=O) groups excluding carboxylic acids is 1. The molecule has 0 atom stereocenters. The fourth-order valence-electron chi connectivity index (χ4n) is 3.61. The zero-order valence-electron chi connectivity index (χ0n) is 16.0. The van der Waals surface area contributed by atoms with Crippen LogP contribution < -0.4 is 15.8 Å². The molecule has 4 rings (SSSR count). The van der Waals surface area contributed by atoms with Crippen LogP contribution in [0.15, 0.2) is 35.1 Å². The molecule has 0 radical (unpaired) electrons. The van der Waals surface area contributed by atoms with Crippen molar-refractivity contribution in [3.8, 4) is 0 Å². The van der Waals surface area contributed by atoms with Crippen LogP contribution in [-0.2, 0) is 18.3 Å². The van der Waals surface area contributed by atoms with E-state index in [1.165, 1.54) is 4.68 Å². The van der Waals surface area contributed by atoms with Gasteiger partial charge in [-0.05, 0) is 24.6 Å². The summed E-state index contributed by atoms with van der Waals surface area (Å²) >= 11 is 0. The van der Waals surface area contributed by atoms with Crippen molar-refractivity contribution in [1.29, 1.82) is 0 Å². The van der Waals surface area contributed by atoms with Gasteiger partial charge in [-0.25, -0.2) is 4.98 Å². The molecule has 0 unspecified atom stereocenters. The van der Waals surface area contributed by atoms with Crippen molar-refractivity contribution in [2.45, 2.75) is 13.5 Å². The lowest BCUT2D eigenvalue weighted by Gasteiger charge is -2.30. The Labute approximate surface area is 162 Å². The van der Waals surface area contributed by atoms with E-state index in [0.717, 1.165) is 24.3 Å². The first-order valence-corrected chi connectivity index (χ1v) is 9.30. The molecule has 0 spiro atoms. The third-order valence-corrected chi connectivity index (χ3v) is 4.97. The maximum Gasteiger partial charge on any atom is 0.274 e. The Kier molecular flexibility index (Phi) is 4.87. The van der Waals surface area contributed by atoms with Crippen LogP contribution in [0.25, 0.3) is 11.0 Å². The molecule has 8 nitrogen and oxygen atoms in total. The molecule has 1 aliphatic heterocycles. The first-order chi connectivity index (χ1) is 13.5. The normalized spacial score (nSPS) is 14.4. The zero-order chi connectivity index (χ0) is 19.7. The highest BCUT2D eigenvalue weighted by molar-refractivity contribution is 6.05. The van der Waals surface area contributed by atoms with Crippen LogP contribution in [0.2, 0.25) is 0 Å². The lowest BCUT2D eigenvalue weighted by atomic mass is 10.1. The number of fused-ring (bicyclic) bond motifs is 1. The summed E-state index contributed by atoms with van der Waals surface area (Å²) in [6.07, 6.45) is 0. The minimum Gasteiger partial charge on any atom is -0.378 e. The lowest BCUT2D eigenvalue weighted by molar-refractivity contribution is 0.0952. The molecule has 8 heteroatoms. The maximum absolute atomic E-state index is 12.9. The molecule has 2 N–H and O–H groups in total. The predicted octanol–water partition coefficient (Wildman–Crippen LogP) is 1.34. The molecule has 28 heavy (non-hydrogen) atoms. The summed E-state index contributed by atoms with van der Waals surface area (Å²) in [6.45, 7) is 5.24. The molecule has 1 saturated heterocycles. The van der Waals surface area contributed by atoms with Gasteiger partial charge in [-0.1, -0.05) is 18.2 Å². The van der Waals surface area contributed by atoms with Crippen LogP contribution in [0, 0.1) is 6.92 Å². The van der Waals surface area contributed by atoms with Gasteiger partial charge in [0.1, 0.15) is 0 Å². The summed E-state index contributed by atoms with van der Waals surface area (Å²) in [4.78, 5) is 31.8. The minimum absolute atomic E-state index is 0.288. The Balaban J connectivity index is 1.59. The van der Waals surface area contributed by atoms with E-state index in [9.17, 15) is 9.59 Å². The van der Waals surface area contributed by atoms with Crippen molar-refractivity contribution in [2.24, 2.45) is 7.05 Å². The molecule has 0 aliphatic carbocycles. The second-order valence-electron chi connectivity index (χ2n) is 6.92. The van der Waals surface area contributed by atoms with E-state index in [4.69, 9.17) is 4.74 Å². The van der Waals surface area contributed by atoms with Gasteiger partial charge in [0, 0.05) is 38.1 Å². The van der Waals surface area contributed by atoms with Gasteiger partial charge in [-0.2, -0.15) is 0 Å². The van der Waals surface area contributed by atoms with E-state index in [2.05, 4.69) is 26.4 Å². The minimum atomic E-state index is -0.316. The molecule has 0 saturated carbocycles. The second-order valence-corrected chi connectivity index (χ2v) is 6.92. The number of anilines is 1. The molecule has 3 aromatic rings. The Morgan fingerprint density at radius 1 is 1.29 bits per heavy atom. The van der Waals surface area contributed by atoms with E-state index >= 15 is 0 Å². The van der Waals surface area contributed by atoms with E-state index in [-0.39, 0.29) is 11.5 Å². The SMILES string of the molecule is Cc1cc(C(=O)NCc2ccccc2N2CCOCC2)c2c(=O)[nH]n(C)c2n1. The van der Waals surface area contributed by atoms with Crippen molar-refractivity contribution in [1.82, 2.24) is 20.1 Å². The number of para-hydroxylation sites is 1. The van der Waals surface area contributed by atoms with Crippen molar-refractivity contribution in [3.63, 3.8) is 0 Å². The summed E-state index contributed by atoms with van der Waals surface area (Å²) < 4.78 is 6.97. The van der Waals surface area contributed by atoms with Crippen molar-refractivity contribution in [2.75, 3.05) is 31.2 Å². The fraction of sp³-hybridized carbons (Fsp3) is 0.350. The Morgan fingerprint density at radius 3 is 2.82 bits per heavy atom. The fourth-order valence-corrected chi connectivity index (χ4v) is 3.61. The Morgan fingerprint density at radius 2 is 2.04 bits per heavy atom. The summed E-state index contributed by atoms with van der Waals surface area (Å²) in [5, 5.41) is 5.94. The average Bonchev–Trinajstić information content (AvgIpc) is 3.00. The molecule has 1 aliphatic rings. The van der Waals surface area contributed by atoms with Crippen LogP contribution in [0.5, 0.6) is 0 Å². The Bertz CT molecular complexity index is 1080. The highest BCUT2D eigenvalue weighted by Crippen LogP contribution is 2.22. The van der Waals surface area contributed by atoms with Crippen LogP contribution >= 0.6 is 0 Å². The first kappa shape index (κ1) is 18.2. The van der Waals surface area contributed by atoms with Crippen molar-refractivity contribution >= 4 is 22.6 Å². The van der Waals surface area contributed by atoms with Crippen LogP contribution in [0.3, 0.4) is 0 Å². The number of hydrogen-bond acceptors (Lipinski definition) is 5. The summed E-state index contributed by atoms with van der Waals surface area (Å²) in [7, 11) is 1.70. The second kappa shape index (κ2) is 7.47. The summed E-state index contributed by atoms with van der Waals surface area (Å²) in [5.41, 5.74) is 3.31. The first-order valence-electron chi connectivity index (χ1n) is 9.30. The van der Waals surface area contributed by atoms with Crippen LogP contribution in [-0.4, -0.2) is 47.0 Å². The summed E-state index contributed by atoms with van der Waals surface area (Å²) in [5.74, 6) is -0.288. The summed E-state index contributed by atoms with van der Waals surface area (Å²) in [6, 6.07) is 9.68. The molecule has 1 amide bonds. The molecule has 1 aromatic carbocycles. The third kappa shape index (κ3) is 3.38. The molecular formula is C20H23N5O3. The topological polar surface area (TPSA) is 92.3 Å². The number of H-pyrrole nitrogens is 1. The molecule has 146 valence electrons. The number of nitrogens with one attached hydrogen (secondary N) is 2. The van der Waals surface area contributed by atoms with E-state index in [1.807, 2.05) is 18.2 Å². The molecule has 1 fully saturated rings. The highest BCUT2D eigenvalue weighted by Gasteiger charge is 2.19. The van der Waals surface area contributed by atoms with Gasteiger partial charge in [0.2, 0.25) is 0 Å². The number of nitrogens with zero attached hydrogens (tertiary/aromatic N) is 3. The van der Waals surface area contributed by atoms with Crippen molar-refractivity contribution < 1.29 is 9.53 Å². The van der Waals surface area contributed by atoms with Gasteiger partial charge < -0.3 is 15.0 Å². The number of pyridine rings is 1. The number of carbonyl (C=O) groups is 1. The molecule has 2 aromatic heterocycles. The predicted molar refractivity (Wildman–Crippen MR) is 107 cm³/mol. The van der Waals surface area contributed by atoms with E-state index in [0.29, 0.717) is 42.0 Å². The van der Waals surface area contributed by atoms with Gasteiger partial charge in [0.05, 0.1) is 24.2 Å². The number of ether oxygens (including phenoxy) is 1. The number of amides is 1. The average molecular weight is 381 g/mol. The molecule has 3 heterocycles. The lowest BCUT2D eigenvalue weighted by Crippen LogP contribution is -2.37. The third-order valence-electron chi connectivity index (χ3n) is 4.97. The monoisotopic (exact) mass is 381 g/mol. The molecule has 0 bridgehead atoms. The largest absolute Gasteiger partial charge is 0.378 e. The van der Waals surface area contributed by atoms with Gasteiger partial charge in [-0.3, -0.25) is 19.4 Å². The van der Waals surface area contributed by atoms with E-state index in [1.54, 1.807) is 20.0 Å². The number of aromatic nitrogens is 3. The van der Waals surface area contributed by atoms with Gasteiger partial charge >= 0.3 is 0 Å². The van der Waals surface area contributed by atoms with Gasteiger partial charge in [0.25, 0.3) is 11.5 Å². The number of aryl methyl sites for hydroxylation is 2. The number of morpholine rings is 1. The van der Waals surface area contributed by atoms with Gasteiger partial charge in [-0.15, -0.1) is 0 Å². The van der Waals surface area contributed by atoms with Crippen LogP contribution in [0.1, 0.15) is 21.6 Å². The number of hydrogen-bond donors (Lipinski definition) is 2. The van der Waals surface area contributed by atoms with Gasteiger partial charge in [0.15, 0.2) is 5.65 Å². The highest BCUT2D eigenvalue weighted by atomic mass is 16.5. The number of aromatic amines is 1. The zero-order valence-corrected chi connectivity index (χ0v) is 16.0.